The smallest absolute Gasteiger partial charge is 0.339 e. The van der Waals surface area contributed by atoms with Crippen molar-refractivity contribution in [3.05, 3.63) is 48.3 Å². The van der Waals surface area contributed by atoms with Gasteiger partial charge in [-0.25, -0.2) is 13.2 Å². The summed E-state index contributed by atoms with van der Waals surface area (Å²) < 4.78 is 27.4. The van der Waals surface area contributed by atoms with E-state index in [0.29, 0.717) is 11.1 Å². The fourth-order valence-electron chi connectivity index (χ4n) is 1.72. The van der Waals surface area contributed by atoms with Crippen LogP contribution < -0.4 is 0 Å². The van der Waals surface area contributed by atoms with Gasteiger partial charge in [-0.1, -0.05) is 12.1 Å². The number of ether oxygens (including phenoxy) is 1. The number of hydrogen-bond acceptors (Lipinski definition) is 5. The highest BCUT2D eigenvalue weighted by Crippen LogP contribution is 2.21. The molecule has 0 aliphatic rings. The Bertz CT molecular complexity index is 736. The van der Waals surface area contributed by atoms with Crippen molar-refractivity contribution in [2.45, 2.75) is 4.90 Å². The minimum Gasteiger partial charge on any atom is -0.465 e. The molecule has 1 aromatic heterocycles. The Morgan fingerprint density at radius 2 is 1.75 bits per heavy atom. The maximum absolute atomic E-state index is 11.4. The van der Waals surface area contributed by atoms with E-state index in [-0.39, 0.29) is 4.90 Å². The van der Waals surface area contributed by atoms with Crippen molar-refractivity contribution in [2.24, 2.45) is 0 Å². The molecule has 0 radical (unpaired) electrons. The summed E-state index contributed by atoms with van der Waals surface area (Å²) in [5.74, 6) is -0.466. The van der Waals surface area contributed by atoms with Gasteiger partial charge < -0.3 is 4.74 Å². The second-order valence-corrected chi connectivity index (χ2v) is 6.27. The fourth-order valence-corrected chi connectivity index (χ4v) is 2.35. The number of pyridine rings is 1. The zero-order valence-electron chi connectivity index (χ0n) is 11.0. The second kappa shape index (κ2) is 5.42. The molecule has 1 aromatic carbocycles. The number of benzene rings is 1. The van der Waals surface area contributed by atoms with Crippen molar-refractivity contribution >= 4 is 15.8 Å². The summed E-state index contributed by atoms with van der Waals surface area (Å²) in [6.07, 6.45) is 4.17. The van der Waals surface area contributed by atoms with E-state index in [1.54, 1.807) is 24.4 Å². The summed E-state index contributed by atoms with van der Waals surface area (Å²) in [5.41, 5.74) is 1.83. The number of methoxy groups -OCH3 is 1. The van der Waals surface area contributed by atoms with Crippen molar-refractivity contribution < 1.29 is 17.9 Å². The molecule has 0 fully saturated rings. The Balaban J connectivity index is 2.40. The standard InChI is InChI=1S/C14H13NO4S/c1-19-14(16)12-7-11(8-15-9-12)10-3-5-13(6-4-10)20(2,17)18/h3-9H,1-2H3. The maximum Gasteiger partial charge on any atom is 0.339 e. The topological polar surface area (TPSA) is 73.3 Å². The van der Waals surface area contributed by atoms with Crippen molar-refractivity contribution in [1.29, 1.82) is 0 Å². The average Bonchev–Trinajstić information content (AvgIpc) is 2.46. The summed E-state index contributed by atoms with van der Waals surface area (Å²) in [6, 6.07) is 8.04. The molecule has 0 saturated heterocycles. The van der Waals surface area contributed by atoms with Crippen molar-refractivity contribution in [3.63, 3.8) is 0 Å². The fraction of sp³-hybridized carbons (Fsp3) is 0.143. The van der Waals surface area contributed by atoms with Crippen molar-refractivity contribution in [1.82, 2.24) is 4.98 Å². The molecule has 0 atom stereocenters. The molecule has 20 heavy (non-hydrogen) atoms. The number of sulfone groups is 1. The van der Waals surface area contributed by atoms with E-state index in [1.165, 1.54) is 25.4 Å². The van der Waals surface area contributed by atoms with E-state index in [4.69, 9.17) is 0 Å². The van der Waals surface area contributed by atoms with Crippen LogP contribution in [0.3, 0.4) is 0 Å². The quantitative estimate of drug-likeness (QED) is 0.808. The van der Waals surface area contributed by atoms with Gasteiger partial charge in [-0.15, -0.1) is 0 Å². The molecular formula is C14H13NO4S. The second-order valence-electron chi connectivity index (χ2n) is 4.25. The lowest BCUT2D eigenvalue weighted by atomic mass is 10.1. The third kappa shape index (κ3) is 3.03. The van der Waals surface area contributed by atoms with Gasteiger partial charge >= 0.3 is 5.97 Å². The summed E-state index contributed by atoms with van der Waals surface area (Å²) in [6.45, 7) is 0. The van der Waals surface area contributed by atoms with Crippen LogP contribution in [0.15, 0.2) is 47.6 Å². The molecule has 5 nitrogen and oxygen atoms in total. The normalized spacial score (nSPS) is 11.1. The molecule has 0 amide bonds. The van der Waals surface area contributed by atoms with Crippen LogP contribution in [0.4, 0.5) is 0 Å². The SMILES string of the molecule is COC(=O)c1cncc(-c2ccc(S(C)(=O)=O)cc2)c1. The molecule has 0 aliphatic carbocycles. The molecule has 2 aromatic rings. The number of carbonyl (C=O) groups is 1. The highest BCUT2D eigenvalue weighted by Gasteiger charge is 2.09. The lowest BCUT2D eigenvalue weighted by Crippen LogP contribution is -2.02. The Labute approximate surface area is 117 Å². The van der Waals surface area contributed by atoms with E-state index < -0.39 is 15.8 Å². The summed E-state index contributed by atoms with van der Waals surface area (Å²) in [4.78, 5) is 15.7. The zero-order valence-corrected chi connectivity index (χ0v) is 11.8. The largest absolute Gasteiger partial charge is 0.465 e. The van der Waals surface area contributed by atoms with Crippen LogP contribution in [-0.4, -0.2) is 32.7 Å². The molecular weight excluding hydrogens is 278 g/mol. The molecule has 0 aliphatic heterocycles. The minimum absolute atomic E-state index is 0.248. The molecule has 0 N–H and O–H groups in total. The number of hydrogen-bond donors (Lipinski definition) is 0. The number of rotatable bonds is 3. The molecule has 6 heteroatoms. The molecule has 104 valence electrons. The first-order chi connectivity index (χ1) is 9.41. The monoisotopic (exact) mass is 291 g/mol. The van der Waals surface area contributed by atoms with E-state index in [2.05, 4.69) is 9.72 Å². The summed E-state index contributed by atoms with van der Waals surface area (Å²) >= 11 is 0. The minimum atomic E-state index is -3.22. The van der Waals surface area contributed by atoms with Crippen LogP contribution in [-0.2, 0) is 14.6 Å². The summed E-state index contributed by atoms with van der Waals surface area (Å²) in [7, 11) is -1.92. The van der Waals surface area contributed by atoms with Gasteiger partial charge in [0.2, 0.25) is 0 Å². The van der Waals surface area contributed by atoms with E-state index >= 15 is 0 Å². The first-order valence-electron chi connectivity index (χ1n) is 5.75. The van der Waals surface area contributed by atoms with E-state index in [0.717, 1.165) is 11.8 Å². The number of esters is 1. The Morgan fingerprint density at radius 1 is 1.10 bits per heavy atom. The van der Waals surface area contributed by atoms with Crippen LogP contribution in [0, 0.1) is 0 Å². The molecule has 0 saturated carbocycles. The van der Waals surface area contributed by atoms with Crippen LogP contribution in [0.1, 0.15) is 10.4 Å². The zero-order chi connectivity index (χ0) is 14.8. The Hall–Kier alpha value is -2.21. The third-order valence-corrected chi connectivity index (χ3v) is 3.90. The first kappa shape index (κ1) is 14.2. The van der Waals surface area contributed by atoms with Gasteiger partial charge in [-0.2, -0.15) is 0 Å². The number of nitrogens with zero attached hydrogens (tertiary/aromatic N) is 1. The van der Waals surface area contributed by atoms with Crippen molar-refractivity contribution in [3.8, 4) is 11.1 Å². The van der Waals surface area contributed by atoms with Crippen LogP contribution in [0.5, 0.6) is 0 Å². The van der Waals surface area contributed by atoms with Gasteiger partial charge in [0.15, 0.2) is 9.84 Å². The van der Waals surface area contributed by atoms with Crippen LogP contribution in [0.2, 0.25) is 0 Å². The van der Waals surface area contributed by atoms with Crippen LogP contribution in [0.25, 0.3) is 11.1 Å². The van der Waals surface area contributed by atoms with Gasteiger partial charge in [0.25, 0.3) is 0 Å². The highest BCUT2D eigenvalue weighted by atomic mass is 32.2. The van der Waals surface area contributed by atoms with Gasteiger partial charge in [-0.3, -0.25) is 4.98 Å². The Kier molecular flexibility index (Phi) is 3.85. The van der Waals surface area contributed by atoms with E-state index in [9.17, 15) is 13.2 Å². The third-order valence-electron chi connectivity index (χ3n) is 2.78. The lowest BCUT2D eigenvalue weighted by molar-refractivity contribution is 0.0600. The average molecular weight is 291 g/mol. The van der Waals surface area contributed by atoms with Gasteiger partial charge in [0, 0.05) is 24.2 Å². The molecule has 0 bridgehead atoms. The lowest BCUT2D eigenvalue weighted by Gasteiger charge is -2.05. The molecule has 1 heterocycles. The highest BCUT2D eigenvalue weighted by molar-refractivity contribution is 7.90. The number of carbonyl (C=O) groups excluding carboxylic acids is 1. The number of aromatic nitrogens is 1. The van der Waals surface area contributed by atoms with Crippen LogP contribution >= 0.6 is 0 Å². The Morgan fingerprint density at radius 3 is 2.30 bits per heavy atom. The van der Waals surface area contributed by atoms with Crippen molar-refractivity contribution in [2.75, 3.05) is 13.4 Å². The summed E-state index contributed by atoms with van der Waals surface area (Å²) in [5, 5.41) is 0. The van der Waals surface area contributed by atoms with Gasteiger partial charge in [-0.05, 0) is 23.8 Å². The first-order valence-corrected chi connectivity index (χ1v) is 7.65. The van der Waals surface area contributed by atoms with Gasteiger partial charge in [0.1, 0.15) is 0 Å². The van der Waals surface area contributed by atoms with E-state index in [1.807, 2.05) is 0 Å². The molecule has 0 spiro atoms. The maximum atomic E-state index is 11.4. The predicted molar refractivity (Wildman–Crippen MR) is 74.1 cm³/mol. The predicted octanol–water partition coefficient (Wildman–Crippen LogP) is 1.94. The molecule has 0 unspecified atom stereocenters. The van der Waals surface area contributed by atoms with Gasteiger partial charge in [0.05, 0.1) is 17.6 Å². The molecule has 2 rings (SSSR count).